The van der Waals surface area contributed by atoms with E-state index in [4.69, 9.17) is 5.73 Å². The van der Waals surface area contributed by atoms with Crippen LogP contribution >= 0.6 is 0 Å². The zero-order valence-corrected chi connectivity index (χ0v) is 16.4. The Bertz CT molecular complexity index is 1050. The summed E-state index contributed by atoms with van der Waals surface area (Å²) in [6.45, 7) is 4.30. The molecular formula is C22H24N5O2+. The summed E-state index contributed by atoms with van der Waals surface area (Å²) in [5.41, 5.74) is 10.3. The van der Waals surface area contributed by atoms with Gasteiger partial charge < -0.3 is 21.5 Å². The summed E-state index contributed by atoms with van der Waals surface area (Å²) in [6.07, 6.45) is 5.70. The van der Waals surface area contributed by atoms with Crippen molar-refractivity contribution in [1.29, 1.82) is 0 Å². The molecule has 7 heteroatoms. The number of benzene rings is 2. The summed E-state index contributed by atoms with van der Waals surface area (Å²) in [5, 5.41) is 17.0. The Kier molecular flexibility index (Phi) is 4.74. The number of hydrogen-bond acceptors (Lipinski definition) is 5. The van der Waals surface area contributed by atoms with Gasteiger partial charge in [0.2, 0.25) is 0 Å². The van der Waals surface area contributed by atoms with Crippen LogP contribution in [0.25, 0.3) is 5.70 Å². The average molecular weight is 390 g/mol. The number of primary amides is 1. The number of aromatic hydroxyl groups is 1. The van der Waals surface area contributed by atoms with Gasteiger partial charge in [-0.3, -0.25) is 14.6 Å². The minimum atomic E-state index is -0.372. The van der Waals surface area contributed by atoms with Crippen molar-refractivity contribution < 1.29 is 14.8 Å². The molecule has 7 nitrogen and oxygen atoms in total. The molecule has 0 aliphatic carbocycles. The van der Waals surface area contributed by atoms with Crippen LogP contribution in [0.15, 0.2) is 72.7 Å². The highest BCUT2D eigenvalue weighted by atomic mass is 16.3. The third kappa shape index (κ3) is 3.68. The first kappa shape index (κ1) is 18.6. The van der Waals surface area contributed by atoms with Gasteiger partial charge in [-0.1, -0.05) is 30.3 Å². The third-order valence-electron chi connectivity index (χ3n) is 4.99. The number of nitrogens with two attached hydrogens (primary N) is 1. The molecule has 1 amide bonds. The Morgan fingerprint density at radius 1 is 1.21 bits per heavy atom. The molecule has 0 aromatic heterocycles. The maximum absolute atomic E-state index is 11.3. The van der Waals surface area contributed by atoms with Crippen LogP contribution in [0, 0.1) is 13.8 Å². The molecule has 0 fully saturated rings. The summed E-state index contributed by atoms with van der Waals surface area (Å²) in [4.78, 5) is 14.1. The van der Waals surface area contributed by atoms with E-state index in [2.05, 4.69) is 36.6 Å². The predicted molar refractivity (Wildman–Crippen MR) is 112 cm³/mol. The van der Waals surface area contributed by atoms with Crippen LogP contribution in [0.3, 0.4) is 0 Å². The number of carbonyl (C=O) groups is 1. The number of rotatable bonds is 5. The number of carbonyl (C=O) groups excluding carboxylic acids is 1. The monoisotopic (exact) mass is 390 g/mol. The molecule has 0 radical (unpaired) electrons. The molecule has 2 aliphatic rings. The van der Waals surface area contributed by atoms with Crippen molar-refractivity contribution in [3.05, 3.63) is 89.4 Å². The largest absolute Gasteiger partial charge is 0.508 e. The minimum Gasteiger partial charge on any atom is -0.508 e. The number of para-hydroxylation sites is 1. The second kappa shape index (κ2) is 7.37. The zero-order chi connectivity index (χ0) is 20.5. The first-order valence-electron chi connectivity index (χ1n) is 9.39. The topological polar surface area (TPSA) is 95.1 Å². The molecule has 0 bridgehead atoms. The van der Waals surface area contributed by atoms with E-state index in [0.717, 1.165) is 44.6 Å². The van der Waals surface area contributed by atoms with Gasteiger partial charge in [0.25, 0.3) is 5.91 Å². The minimum absolute atomic E-state index is 0.177. The van der Waals surface area contributed by atoms with Gasteiger partial charge in [0.15, 0.2) is 12.4 Å². The second-order valence-electron chi connectivity index (χ2n) is 7.22. The van der Waals surface area contributed by atoms with Crippen LogP contribution < -0.4 is 21.3 Å². The first-order chi connectivity index (χ1) is 13.9. The lowest BCUT2D eigenvalue weighted by atomic mass is 10.1. The normalized spacial score (nSPS) is 17.7. The quantitative estimate of drug-likeness (QED) is 0.531. The molecule has 2 aromatic rings. The smallest absolute Gasteiger partial charge is 0.273 e. The summed E-state index contributed by atoms with van der Waals surface area (Å²) >= 11 is 0. The number of nitrogens with zero attached hydrogens (tertiary/aromatic N) is 1. The molecule has 2 aliphatic heterocycles. The molecule has 1 unspecified atom stereocenters. The Labute approximate surface area is 169 Å². The molecule has 6 N–H and O–H groups in total. The fourth-order valence-corrected chi connectivity index (χ4v) is 3.58. The van der Waals surface area contributed by atoms with Crippen molar-refractivity contribution in [1.82, 2.24) is 10.2 Å². The Morgan fingerprint density at radius 2 is 1.93 bits per heavy atom. The van der Waals surface area contributed by atoms with E-state index in [0.29, 0.717) is 0 Å². The number of fused-ring (bicyclic) bond motifs is 1. The molecule has 29 heavy (non-hydrogen) atoms. The van der Waals surface area contributed by atoms with Gasteiger partial charge in [-0.05, 0) is 37.1 Å². The molecule has 4 rings (SSSR count). The Morgan fingerprint density at radius 3 is 2.62 bits per heavy atom. The van der Waals surface area contributed by atoms with Crippen molar-refractivity contribution in [3.63, 3.8) is 0 Å². The first-order valence-corrected chi connectivity index (χ1v) is 9.39. The molecule has 0 saturated heterocycles. The third-order valence-corrected chi connectivity index (χ3v) is 4.99. The van der Waals surface area contributed by atoms with Gasteiger partial charge in [0.05, 0.1) is 11.9 Å². The summed E-state index contributed by atoms with van der Waals surface area (Å²) < 4.78 is 0. The number of aryl methyl sites for hydroxylation is 2. The van der Waals surface area contributed by atoms with Gasteiger partial charge in [-0.15, -0.1) is 0 Å². The van der Waals surface area contributed by atoms with Crippen molar-refractivity contribution in [2.24, 2.45) is 5.73 Å². The number of hydrogen-bond donors (Lipinski definition) is 5. The number of nitrogens with one attached hydrogen (secondary N) is 3. The highest BCUT2D eigenvalue weighted by Crippen LogP contribution is 2.33. The van der Waals surface area contributed by atoms with Crippen molar-refractivity contribution >= 4 is 17.3 Å². The molecule has 0 spiro atoms. The highest BCUT2D eigenvalue weighted by Gasteiger charge is 2.32. The van der Waals surface area contributed by atoms with Crippen molar-refractivity contribution in [2.45, 2.75) is 13.8 Å². The molecule has 2 aromatic carbocycles. The van der Waals surface area contributed by atoms with Gasteiger partial charge in [-0.25, -0.2) is 0 Å². The number of amides is 1. The van der Waals surface area contributed by atoms with Gasteiger partial charge in [-0.2, -0.15) is 0 Å². The van der Waals surface area contributed by atoms with E-state index >= 15 is 0 Å². The maximum Gasteiger partial charge on any atom is 0.273 e. The van der Waals surface area contributed by atoms with Crippen LogP contribution in [-0.2, 0) is 4.79 Å². The molecule has 0 saturated carbocycles. The highest BCUT2D eigenvalue weighted by molar-refractivity contribution is 5.77. The summed E-state index contributed by atoms with van der Waals surface area (Å²) in [6, 6.07) is 13.3. The summed E-state index contributed by atoms with van der Waals surface area (Å²) in [5.74, 6) is 1.48. The van der Waals surface area contributed by atoms with Gasteiger partial charge >= 0.3 is 0 Å². The average Bonchev–Trinajstić information content (AvgIpc) is 3.02. The fraction of sp³-hybridized carbons (Fsp3) is 0.136. The van der Waals surface area contributed by atoms with Crippen LogP contribution in [0.4, 0.5) is 5.69 Å². The van der Waals surface area contributed by atoms with Gasteiger partial charge in [0, 0.05) is 11.3 Å². The van der Waals surface area contributed by atoms with E-state index in [1.807, 2.05) is 41.7 Å². The Balaban J connectivity index is 1.77. The maximum atomic E-state index is 11.3. The predicted octanol–water partition coefficient (Wildman–Crippen LogP) is 1.31. The van der Waals surface area contributed by atoms with E-state index in [1.165, 1.54) is 0 Å². The van der Waals surface area contributed by atoms with Crippen LogP contribution in [0.2, 0.25) is 0 Å². The lowest BCUT2D eigenvalue weighted by Crippen LogP contribution is -3.05. The lowest BCUT2D eigenvalue weighted by Gasteiger charge is -2.24. The fourth-order valence-electron chi connectivity index (χ4n) is 3.58. The van der Waals surface area contributed by atoms with Crippen molar-refractivity contribution in [3.8, 4) is 5.75 Å². The molecule has 148 valence electrons. The standard InChI is InChI=1S/C22H23N5O2/c1-14-5-3-6-15(2)20(14)25-22-21(16-7-4-8-17(28)11-16)24-19-13-26(12-18(23)29)9-10-27(19)22/h3-11,13,24-25,28H,12H2,1-2H3,(H2,23,29)/p+1. The van der Waals surface area contributed by atoms with E-state index in [-0.39, 0.29) is 18.2 Å². The number of quaternary nitrogens is 1. The van der Waals surface area contributed by atoms with Crippen LogP contribution in [-0.4, -0.2) is 22.5 Å². The zero-order valence-electron chi connectivity index (χ0n) is 16.4. The second-order valence-corrected chi connectivity index (χ2v) is 7.22. The number of phenols is 1. The SMILES string of the molecule is Cc1cccc(C)c1NC1=C(c2cccc(O)c2)NC2=C[NH+](CC(N)=O)C=CN21. The van der Waals surface area contributed by atoms with Gasteiger partial charge in [0.1, 0.15) is 24.0 Å². The van der Waals surface area contributed by atoms with E-state index in [9.17, 15) is 9.90 Å². The molecule has 2 heterocycles. The van der Waals surface area contributed by atoms with Crippen molar-refractivity contribution in [2.75, 3.05) is 11.9 Å². The van der Waals surface area contributed by atoms with Crippen LogP contribution in [0.5, 0.6) is 5.75 Å². The number of phenolic OH excluding ortho intramolecular Hbond substituents is 1. The number of anilines is 1. The van der Waals surface area contributed by atoms with Crippen LogP contribution in [0.1, 0.15) is 16.7 Å². The molecule has 1 atom stereocenters. The molecular weight excluding hydrogens is 366 g/mol. The van der Waals surface area contributed by atoms with E-state index < -0.39 is 0 Å². The Hall–Kier alpha value is -3.71. The summed E-state index contributed by atoms with van der Waals surface area (Å²) in [7, 11) is 0. The van der Waals surface area contributed by atoms with E-state index in [1.54, 1.807) is 12.1 Å². The lowest BCUT2D eigenvalue weighted by molar-refractivity contribution is -0.783.